The Balaban J connectivity index is 1.35. The van der Waals surface area contributed by atoms with Gasteiger partial charge in [0, 0.05) is 43.2 Å². The van der Waals surface area contributed by atoms with Crippen LogP contribution in [0.4, 0.5) is 0 Å². The lowest BCUT2D eigenvalue weighted by atomic mass is 9.99. The van der Waals surface area contributed by atoms with E-state index in [0.717, 1.165) is 51.0 Å². The fraction of sp³-hybridized carbons (Fsp3) is 0.458. The Morgan fingerprint density at radius 2 is 1.77 bits per heavy atom. The van der Waals surface area contributed by atoms with Gasteiger partial charge < -0.3 is 19.1 Å². The van der Waals surface area contributed by atoms with E-state index in [1.54, 1.807) is 32.3 Å². The number of methoxy groups -OCH3 is 3. The first kappa shape index (κ1) is 21.7. The van der Waals surface area contributed by atoms with Gasteiger partial charge in [0.05, 0.1) is 21.3 Å². The van der Waals surface area contributed by atoms with Crippen molar-refractivity contribution < 1.29 is 19.0 Å². The third-order valence-electron chi connectivity index (χ3n) is 6.24. The van der Waals surface area contributed by atoms with Crippen LogP contribution in [0.1, 0.15) is 28.8 Å². The minimum atomic E-state index is 0.0472. The number of carbonyl (C=O) groups is 1. The number of amides is 1. The van der Waals surface area contributed by atoms with Crippen LogP contribution in [-0.4, -0.2) is 62.7 Å². The summed E-state index contributed by atoms with van der Waals surface area (Å²) >= 11 is 1.88. The van der Waals surface area contributed by atoms with Crippen molar-refractivity contribution in [3.63, 3.8) is 0 Å². The average Bonchev–Trinajstić information content (AvgIpc) is 3.29. The molecule has 1 aromatic heterocycles. The molecule has 6 nitrogen and oxygen atoms in total. The van der Waals surface area contributed by atoms with Crippen LogP contribution in [0.15, 0.2) is 29.7 Å². The number of rotatable bonds is 6. The third-order valence-corrected chi connectivity index (χ3v) is 7.26. The maximum absolute atomic E-state index is 12.8. The molecule has 31 heavy (non-hydrogen) atoms. The Morgan fingerprint density at radius 3 is 2.42 bits per heavy atom. The van der Waals surface area contributed by atoms with Gasteiger partial charge in [0.2, 0.25) is 11.7 Å². The van der Waals surface area contributed by atoms with Crippen LogP contribution in [0.5, 0.6) is 17.2 Å². The molecule has 2 aliphatic heterocycles. The number of ether oxygens (including phenoxy) is 3. The minimum absolute atomic E-state index is 0.0472. The molecule has 4 rings (SSSR count). The summed E-state index contributed by atoms with van der Waals surface area (Å²) in [5, 5.41) is 2.20. The molecule has 3 heterocycles. The number of thiophene rings is 1. The van der Waals surface area contributed by atoms with E-state index in [-0.39, 0.29) is 5.91 Å². The molecule has 0 atom stereocenters. The van der Waals surface area contributed by atoms with Crippen LogP contribution in [0, 0.1) is 0 Å². The predicted molar refractivity (Wildman–Crippen MR) is 123 cm³/mol. The highest BCUT2D eigenvalue weighted by Crippen LogP contribution is 2.38. The lowest BCUT2D eigenvalue weighted by Crippen LogP contribution is -2.47. The molecule has 0 unspecified atom stereocenters. The lowest BCUT2D eigenvalue weighted by molar-refractivity contribution is -0.127. The average molecular weight is 443 g/mol. The number of benzene rings is 1. The van der Waals surface area contributed by atoms with Crippen LogP contribution >= 0.6 is 11.3 Å². The molecule has 2 aromatic rings. The Kier molecular flexibility index (Phi) is 6.83. The van der Waals surface area contributed by atoms with E-state index >= 15 is 0 Å². The fourth-order valence-electron chi connectivity index (χ4n) is 4.50. The SMILES string of the molecule is COc1cc(/C=C/C(=O)N2CCC(N3CCc4sccc4C3)CC2)cc(OC)c1OC. The van der Waals surface area contributed by atoms with Gasteiger partial charge in [-0.1, -0.05) is 0 Å². The summed E-state index contributed by atoms with van der Waals surface area (Å²) in [6.07, 6.45) is 6.66. The van der Waals surface area contributed by atoms with Gasteiger partial charge in [0.1, 0.15) is 0 Å². The first-order valence-corrected chi connectivity index (χ1v) is 11.6. The standard InChI is InChI=1S/C24H30N2O4S/c1-28-20-14-17(15-21(29-2)24(20)30-3)4-5-23(27)25-10-6-19(7-11-25)26-12-8-22-18(16-26)9-13-31-22/h4-5,9,13-15,19H,6-8,10-12,16H2,1-3H3/b5-4+. The molecule has 1 aromatic carbocycles. The van der Waals surface area contributed by atoms with Gasteiger partial charge in [0.25, 0.3) is 0 Å². The lowest BCUT2D eigenvalue weighted by Gasteiger charge is -2.40. The van der Waals surface area contributed by atoms with Crippen molar-refractivity contribution in [1.29, 1.82) is 0 Å². The van der Waals surface area contributed by atoms with E-state index in [1.807, 2.05) is 34.4 Å². The van der Waals surface area contributed by atoms with Crippen molar-refractivity contribution in [1.82, 2.24) is 9.80 Å². The van der Waals surface area contributed by atoms with Gasteiger partial charge in [-0.15, -0.1) is 11.3 Å². The van der Waals surface area contributed by atoms with Crippen molar-refractivity contribution in [2.45, 2.75) is 31.8 Å². The molecule has 0 aliphatic carbocycles. The van der Waals surface area contributed by atoms with Crippen LogP contribution in [0.25, 0.3) is 6.08 Å². The van der Waals surface area contributed by atoms with Crippen molar-refractivity contribution in [3.05, 3.63) is 45.7 Å². The van der Waals surface area contributed by atoms with Crippen LogP contribution < -0.4 is 14.2 Å². The zero-order valence-corrected chi connectivity index (χ0v) is 19.2. The number of piperidine rings is 1. The summed E-state index contributed by atoms with van der Waals surface area (Å²) in [5.41, 5.74) is 2.32. The second kappa shape index (κ2) is 9.75. The smallest absolute Gasteiger partial charge is 0.246 e. The molecule has 1 fully saturated rings. The zero-order chi connectivity index (χ0) is 21.8. The van der Waals surface area contributed by atoms with E-state index in [0.29, 0.717) is 23.3 Å². The van der Waals surface area contributed by atoms with Crippen molar-refractivity contribution >= 4 is 23.3 Å². The summed E-state index contributed by atoms with van der Waals surface area (Å²) in [4.78, 5) is 18.8. The van der Waals surface area contributed by atoms with Crippen molar-refractivity contribution in [3.8, 4) is 17.2 Å². The van der Waals surface area contributed by atoms with Gasteiger partial charge in [0.15, 0.2) is 11.5 Å². The molecule has 0 N–H and O–H groups in total. The van der Waals surface area contributed by atoms with E-state index in [4.69, 9.17) is 14.2 Å². The summed E-state index contributed by atoms with van der Waals surface area (Å²) in [5.74, 6) is 1.74. The number of hydrogen-bond acceptors (Lipinski definition) is 6. The van der Waals surface area contributed by atoms with Crippen molar-refractivity contribution in [2.75, 3.05) is 41.0 Å². The molecule has 0 saturated carbocycles. The quantitative estimate of drug-likeness (QED) is 0.637. The molecule has 1 saturated heterocycles. The normalized spacial score (nSPS) is 17.6. The summed E-state index contributed by atoms with van der Waals surface area (Å²) in [6, 6.07) is 6.51. The monoisotopic (exact) mass is 442 g/mol. The molecule has 0 spiro atoms. The molecule has 0 radical (unpaired) electrons. The Labute approximate surface area is 188 Å². The molecule has 0 bridgehead atoms. The highest BCUT2D eigenvalue weighted by Gasteiger charge is 2.28. The maximum atomic E-state index is 12.8. The van der Waals surface area contributed by atoms with Crippen LogP contribution in [0.2, 0.25) is 0 Å². The largest absolute Gasteiger partial charge is 0.493 e. The minimum Gasteiger partial charge on any atom is -0.493 e. The summed E-state index contributed by atoms with van der Waals surface area (Å²) in [6.45, 7) is 3.79. The zero-order valence-electron chi connectivity index (χ0n) is 18.4. The molecule has 166 valence electrons. The second-order valence-corrected chi connectivity index (χ2v) is 8.94. The van der Waals surface area contributed by atoms with Crippen LogP contribution in [0.3, 0.4) is 0 Å². The molecular formula is C24H30N2O4S. The van der Waals surface area contributed by atoms with E-state index in [2.05, 4.69) is 16.3 Å². The Bertz CT molecular complexity index is 922. The summed E-state index contributed by atoms with van der Waals surface area (Å²) < 4.78 is 16.1. The number of fused-ring (bicyclic) bond motifs is 1. The molecule has 7 heteroatoms. The van der Waals surface area contributed by atoms with Gasteiger partial charge >= 0.3 is 0 Å². The highest BCUT2D eigenvalue weighted by molar-refractivity contribution is 7.10. The van der Waals surface area contributed by atoms with E-state index in [9.17, 15) is 4.79 Å². The van der Waals surface area contributed by atoms with Crippen LogP contribution in [-0.2, 0) is 17.8 Å². The van der Waals surface area contributed by atoms with Gasteiger partial charge in [-0.05, 0) is 60.0 Å². The molecular weight excluding hydrogens is 412 g/mol. The Morgan fingerprint density at radius 1 is 1.06 bits per heavy atom. The molecule has 2 aliphatic rings. The first-order valence-electron chi connectivity index (χ1n) is 10.7. The number of hydrogen-bond donors (Lipinski definition) is 0. The number of likely N-dealkylation sites (tertiary alicyclic amines) is 1. The van der Waals surface area contributed by atoms with Crippen molar-refractivity contribution in [2.24, 2.45) is 0 Å². The molecule has 1 amide bonds. The van der Waals surface area contributed by atoms with E-state index in [1.165, 1.54) is 5.56 Å². The van der Waals surface area contributed by atoms with Gasteiger partial charge in [-0.25, -0.2) is 0 Å². The number of nitrogens with zero attached hydrogens (tertiary/aromatic N) is 2. The third kappa shape index (κ3) is 4.72. The topological polar surface area (TPSA) is 51.2 Å². The number of carbonyl (C=O) groups excluding carboxylic acids is 1. The highest BCUT2D eigenvalue weighted by atomic mass is 32.1. The Hall–Kier alpha value is -2.51. The summed E-state index contributed by atoms with van der Waals surface area (Å²) in [7, 11) is 4.75. The van der Waals surface area contributed by atoms with Gasteiger partial charge in [-0.2, -0.15) is 0 Å². The van der Waals surface area contributed by atoms with Gasteiger partial charge in [-0.3, -0.25) is 9.69 Å². The second-order valence-electron chi connectivity index (χ2n) is 7.94. The fourth-order valence-corrected chi connectivity index (χ4v) is 5.39. The first-order chi connectivity index (χ1) is 15.1. The maximum Gasteiger partial charge on any atom is 0.246 e. The van der Waals surface area contributed by atoms with E-state index < -0.39 is 0 Å². The predicted octanol–water partition coefficient (Wildman–Crippen LogP) is 3.84.